The Balaban J connectivity index is 2.09. The lowest BCUT2D eigenvalue weighted by atomic mass is 9.89. The molecule has 0 spiro atoms. The van der Waals surface area contributed by atoms with Crippen LogP contribution in [0.1, 0.15) is 33.1 Å². The molecular formula is C17H31ClN2O5S. The molecule has 2 aliphatic rings. The average Bonchev–Trinajstić information content (AvgIpc) is 2.64. The van der Waals surface area contributed by atoms with Gasteiger partial charge in [0, 0.05) is 0 Å². The highest BCUT2D eigenvalue weighted by Gasteiger charge is 2.48. The summed E-state index contributed by atoms with van der Waals surface area (Å²) in [7, 11) is 0. The fourth-order valence-corrected chi connectivity index (χ4v) is 4.54. The van der Waals surface area contributed by atoms with Gasteiger partial charge in [0.2, 0.25) is 5.91 Å². The van der Waals surface area contributed by atoms with Crippen molar-refractivity contribution in [1.82, 2.24) is 10.6 Å². The summed E-state index contributed by atoms with van der Waals surface area (Å²) >= 11 is 7.51. The van der Waals surface area contributed by atoms with Crippen LogP contribution < -0.4 is 10.6 Å². The molecule has 0 aromatic heterocycles. The molecule has 0 bridgehead atoms. The van der Waals surface area contributed by atoms with Crippen LogP contribution >= 0.6 is 23.4 Å². The summed E-state index contributed by atoms with van der Waals surface area (Å²) in [5.74, 6) is 0.325. The minimum absolute atomic E-state index is 0.183. The molecule has 2 unspecified atom stereocenters. The number of halogens is 1. The van der Waals surface area contributed by atoms with Crippen LogP contribution in [0.3, 0.4) is 0 Å². The Morgan fingerprint density at radius 2 is 2.04 bits per heavy atom. The third-order valence-corrected chi connectivity index (χ3v) is 6.53. The zero-order valence-electron chi connectivity index (χ0n) is 15.5. The number of carbonyl (C=O) groups excluding carboxylic acids is 1. The minimum atomic E-state index is -1.36. The van der Waals surface area contributed by atoms with E-state index < -0.39 is 41.3 Å². The van der Waals surface area contributed by atoms with Gasteiger partial charge in [-0.1, -0.05) is 13.3 Å². The normalized spacial score (nSPS) is 40.7. The van der Waals surface area contributed by atoms with Crippen molar-refractivity contribution in [2.75, 3.05) is 12.8 Å². The van der Waals surface area contributed by atoms with Crippen LogP contribution in [0.25, 0.3) is 0 Å². The first-order chi connectivity index (χ1) is 12.3. The van der Waals surface area contributed by atoms with Crippen molar-refractivity contribution >= 4 is 29.3 Å². The van der Waals surface area contributed by atoms with Crippen molar-refractivity contribution in [3.8, 4) is 0 Å². The van der Waals surface area contributed by atoms with E-state index in [0.29, 0.717) is 5.92 Å². The molecule has 0 radical (unpaired) electrons. The highest BCUT2D eigenvalue weighted by Crippen LogP contribution is 2.30. The van der Waals surface area contributed by atoms with Gasteiger partial charge in [0.1, 0.15) is 29.9 Å². The predicted octanol–water partition coefficient (Wildman–Crippen LogP) is 0.0473. The van der Waals surface area contributed by atoms with Gasteiger partial charge in [0.25, 0.3) is 0 Å². The number of aliphatic hydroxyl groups is 3. The largest absolute Gasteiger partial charge is 0.388 e. The van der Waals surface area contributed by atoms with Crippen LogP contribution in [0.2, 0.25) is 0 Å². The number of hydrogen-bond acceptors (Lipinski definition) is 7. The van der Waals surface area contributed by atoms with Gasteiger partial charge >= 0.3 is 0 Å². The van der Waals surface area contributed by atoms with Crippen LogP contribution in [-0.2, 0) is 9.53 Å². The van der Waals surface area contributed by atoms with Gasteiger partial charge in [-0.05, 0) is 38.5 Å². The van der Waals surface area contributed by atoms with Crippen molar-refractivity contribution < 1.29 is 24.9 Å². The van der Waals surface area contributed by atoms with Gasteiger partial charge in [0.15, 0.2) is 0 Å². The topological polar surface area (TPSA) is 111 Å². The molecule has 9 heteroatoms. The summed E-state index contributed by atoms with van der Waals surface area (Å²) in [4.78, 5) is 12.7. The molecule has 5 N–H and O–H groups in total. The lowest BCUT2D eigenvalue weighted by Gasteiger charge is -2.44. The maximum Gasteiger partial charge on any atom is 0.237 e. The molecule has 2 saturated heterocycles. The van der Waals surface area contributed by atoms with Gasteiger partial charge in [-0.15, -0.1) is 23.4 Å². The lowest BCUT2D eigenvalue weighted by Crippen LogP contribution is -2.65. The average molecular weight is 411 g/mol. The molecule has 2 fully saturated rings. The molecule has 7 nitrogen and oxygen atoms in total. The molecule has 2 rings (SSSR count). The van der Waals surface area contributed by atoms with Gasteiger partial charge in [-0.2, -0.15) is 0 Å². The SMILES string of the molecule is CC[C@@H]1CCN[C@H](C(=O)NC(C2O[C@H](SC)[C@H](O)[C@@H](O)[C@H]2O)[C@H](C)Cl)C1. The first-order valence-corrected chi connectivity index (χ1v) is 10.9. The molecule has 0 aromatic carbocycles. The van der Waals surface area contributed by atoms with E-state index in [1.165, 1.54) is 11.8 Å². The molecule has 2 heterocycles. The Kier molecular flexibility index (Phi) is 8.46. The molecule has 0 saturated carbocycles. The van der Waals surface area contributed by atoms with E-state index in [1.807, 2.05) is 0 Å². The van der Waals surface area contributed by atoms with E-state index in [-0.39, 0.29) is 11.9 Å². The van der Waals surface area contributed by atoms with Gasteiger partial charge in [-0.3, -0.25) is 4.79 Å². The molecule has 152 valence electrons. The van der Waals surface area contributed by atoms with Crippen molar-refractivity contribution in [2.45, 2.75) is 80.4 Å². The van der Waals surface area contributed by atoms with Crippen LogP contribution in [0.5, 0.6) is 0 Å². The van der Waals surface area contributed by atoms with E-state index in [9.17, 15) is 20.1 Å². The lowest BCUT2D eigenvalue weighted by molar-refractivity contribution is -0.205. The molecule has 0 aromatic rings. The Labute approximate surface area is 164 Å². The highest BCUT2D eigenvalue weighted by atomic mass is 35.5. The number of rotatable bonds is 6. The Bertz CT molecular complexity index is 470. The predicted molar refractivity (Wildman–Crippen MR) is 102 cm³/mol. The molecule has 2 aliphatic heterocycles. The van der Waals surface area contributed by atoms with Crippen LogP contribution in [-0.4, -0.2) is 81.3 Å². The quantitative estimate of drug-likeness (QED) is 0.393. The maximum absolute atomic E-state index is 12.7. The van der Waals surface area contributed by atoms with Crippen LogP contribution in [0.15, 0.2) is 0 Å². The number of aliphatic hydroxyl groups excluding tert-OH is 3. The molecule has 26 heavy (non-hydrogen) atoms. The number of thioether (sulfide) groups is 1. The number of amides is 1. The summed E-state index contributed by atoms with van der Waals surface area (Å²) in [6, 6.07) is -1.00. The standard InChI is InChI=1S/C17H31ClN2O5S/c1-4-9-5-6-19-10(7-9)16(24)20-11(8(2)18)15-13(22)12(21)14(23)17(25-15)26-3/h8-15,17,19,21-23H,4-7H2,1-3H3,(H,20,24)/t8-,9+,10-,11?,12-,13+,14+,15?,17+/m0/s1. The van der Waals surface area contributed by atoms with E-state index in [1.54, 1.807) is 13.2 Å². The number of nitrogens with one attached hydrogen (secondary N) is 2. The van der Waals surface area contributed by atoms with Crippen molar-refractivity contribution in [3.63, 3.8) is 0 Å². The fourth-order valence-electron chi connectivity index (χ4n) is 3.66. The van der Waals surface area contributed by atoms with Crippen molar-refractivity contribution in [2.24, 2.45) is 5.92 Å². The molecule has 1 amide bonds. The fraction of sp³-hybridized carbons (Fsp3) is 0.941. The second-order valence-corrected chi connectivity index (χ2v) is 8.82. The molecule has 9 atom stereocenters. The van der Waals surface area contributed by atoms with Crippen molar-refractivity contribution in [3.05, 3.63) is 0 Å². The number of piperidine rings is 1. The van der Waals surface area contributed by atoms with E-state index in [4.69, 9.17) is 16.3 Å². The van der Waals surface area contributed by atoms with Gasteiger partial charge in [0.05, 0.1) is 17.5 Å². The maximum atomic E-state index is 12.7. The minimum Gasteiger partial charge on any atom is -0.388 e. The first kappa shape index (κ1) is 22.2. The van der Waals surface area contributed by atoms with Crippen LogP contribution in [0, 0.1) is 5.92 Å². The molecular weight excluding hydrogens is 380 g/mol. The Morgan fingerprint density at radius 1 is 1.35 bits per heavy atom. The highest BCUT2D eigenvalue weighted by molar-refractivity contribution is 7.99. The van der Waals surface area contributed by atoms with Crippen molar-refractivity contribution in [1.29, 1.82) is 0 Å². The summed E-state index contributed by atoms with van der Waals surface area (Å²) in [6.45, 7) is 4.62. The number of ether oxygens (including phenoxy) is 1. The summed E-state index contributed by atoms with van der Waals surface area (Å²) in [5.41, 5.74) is -0.703. The second-order valence-electron chi connectivity index (χ2n) is 7.19. The Morgan fingerprint density at radius 3 is 2.62 bits per heavy atom. The van der Waals surface area contributed by atoms with Gasteiger partial charge in [-0.25, -0.2) is 0 Å². The smallest absolute Gasteiger partial charge is 0.237 e. The zero-order chi connectivity index (χ0) is 19.4. The third kappa shape index (κ3) is 5.04. The summed E-state index contributed by atoms with van der Waals surface area (Å²) in [6.07, 6.45) is -0.236. The number of carbonyl (C=O) groups is 1. The molecule has 0 aliphatic carbocycles. The Hall–Kier alpha value is -0.0900. The van der Waals surface area contributed by atoms with Gasteiger partial charge < -0.3 is 30.7 Å². The number of alkyl halides is 1. The number of hydrogen-bond donors (Lipinski definition) is 5. The van der Waals surface area contributed by atoms with E-state index in [0.717, 1.165) is 25.8 Å². The second kappa shape index (κ2) is 9.91. The van der Waals surface area contributed by atoms with Crippen LogP contribution in [0.4, 0.5) is 0 Å². The summed E-state index contributed by atoms with van der Waals surface area (Å²) in [5, 5.41) is 36.1. The van der Waals surface area contributed by atoms with E-state index in [2.05, 4.69) is 17.6 Å². The summed E-state index contributed by atoms with van der Waals surface area (Å²) < 4.78 is 5.77. The van der Waals surface area contributed by atoms with E-state index >= 15 is 0 Å². The third-order valence-electron chi connectivity index (χ3n) is 5.40. The monoisotopic (exact) mass is 410 g/mol. The zero-order valence-corrected chi connectivity index (χ0v) is 17.0. The first-order valence-electron chi connectivity index (χ1n) is 9.20.